The van der Waals surface area contributed by atoms with E-state index in [4.69, 9.17) is 34.8 Å². The molecule has 0 atom stereocenters. The van der Waals surface area contributed by atoms with E-state index in [0.717, 1.165) is 22.3 Å². The van der Waals surface area contributed by atoms with Crippen LogP contribution in [-0.2, 0) is 0 Å². The van der Waals surface area contributed by atoms with Gasteiger partial charge in [0.2, 0.25) is 0 Å². The third kappa shape index (κ3) is 2.44. The molecule has 0 unspecified atom stereocenters. The van der Waals surface area contributed by atoms with Crippen molar-refractivity contribution >= 4 is 47.0 Å². The van der Waals surface area contributed by atoms with Crippen LogP contribution in [0, 0.1) is 0 Å². The molecule has 0 bridgehead atoms. The summed E-state index contributed by atoms with van der Waals surface area (Å²) in [5.74, 6) is 0. The molecule has 0 aliphatic rings. The molecule has 2 aromatic rings. The van der Waals surface area contributed by atoms with Crippen LogP contribution in [0.2, 0.25) is 15.1 Å². The summed E-state index contributed by atoms with van der Waals surface area (Å²) in [5, 5.41) is 1.16. The maximum absolute atomic E-state index is 6.35. The fourth-order valence-electron chi connectivity index (χ4n) is 1.99. The summed E-state index contributed by atoms with van der Waals surface area (Å²) in [4.78, 5) is 0. The number of rotatable bonds is 3. The average Bonchev–Trinajstić information content (AvgIpc) is 2.45. The van der Waals surface area contributed by atoms with Crippen molar-refractivity contribution in [1.29, 1.82) is 0 Å². The smallest absolute Gasteiger partial charge is 0.0791 e. The Morgan fingerprint density at radius 1 is 0.737 bits per heavy atom. The minimum absolute atomic E-state index is 0.336. The van der Waals surface area contributed by atoms with E-state index in [-0.39, 0.29) is 0 Å². The molecule has 2 aromatic carbocycles. The van der Waals surface area contributed by atoms with Crippen LogP contribution < -0.4 is 0 Å². The molecule has 0 aliphatic carbocycles. The topological polar surface area (TPSA) is 0 Å². The molecule has 0 amide bonds. The van der Waals surface area contributed by atoms with Crippen LogP contribution in [0.5, 0.6) is 0 Å². The SMILES string of the molecule is C=Cc1c(Cl)c(Cl)c(Cl)c(-c2ccccc2)c1C=C. The molecule has 0 saturated heterocycles. The van der Waals surface area contributed by atoms with Crippen LogP contribution in [0.15, 0.2) is 43.5 Å². The Bertz CT molecular complexity index is 643. The van der Waals surface area contributed by atoms with E-state index in [1.807, 2.05) is 30.3 Å². The van der Waals surface area contributed by atoms with Crippen LogP contribution >= 0.6 is 34.8 Å². The zero-order valence-electron chi connectivity index (χ0n) is 10.1. The maximum Gasteiger partial charge on any atom is 0.0791 e. The molecular formula is C16H11Cl3. The van der Waals surface area contributed by atoms with Gasteiger partial charge < -0.3 is 0 Å². The Balaban J connectivity index is 2.91. The van der Waals surface area contributed by atoms with E-state index < -0.39 is 0 Å². The highest BCUT2D eigenvalue weighted by molar-refractivity contribution is 6.50. The third-order valence-electron chi connectivity index (χ3n) is 2.87. The van der Waals surface area contributed by atoms with Gasteiger partial charge in [0.1, 0.15) is 0 Å². The lowest BCUT2D eigenvalue weighted by molar-refractivity contribution is 1.56. The first-order chi connectivity index (χ1) is 9.11. The van der Waals surface area contributed by atoms with Gasteiger partial charge in [0.25, 0.3) is 0 Å². The van der Waals surface area contributed by atoms with Crippen LogP contribution in [0.3, 0.4) is 0 Å². The molecule has 0 saturated carbocycles. The van der Waals surface area contributed by atoms with Gasteiger partial charge in [0, 0.05) is 11.1 Å². The number of hydrogen-bond donors (Lipinski definition) is 0. The van der Waals surface area contributed by atoms with Crippen molar-refractivity contribution < 1.29 is 0 Å². The summed E-state index contributed by atoms with van der Waals surface area (Å²) in [5.41, 5.74) is 3.36. The Labute approximate surface area is 127 Å². The Hall–Kier alpha value is -1.21. The zero-order chi connectivity index (χ0) is 14.0. The molecule has 0 nitrogen and oxygen atoms in total. The highest BCUT2D eigenvalue weighted by Crippen LogP contribution is 2.44. The lowest BCUT2D eigenvalue weighted by Gasteiger charge is -2.15. The van der Waals surface area contributed by atoms with Gasteiger partial charge >= 0.3 is 0 Å². The van der Waals surface area contributed by atoms with Crippen LogP contribution in [0.4, 0.5) is 0 Å². The summed E-state index contributed by atoms with van der Waals surface area (Å²) in [6.07, 6.45) is 3.38. The van der Waals surface area contributed by atoms with Crippen molar-refractivity contribution in [3.8, 4) is 11.1 Å². The number of benzene rings is 2. The van der Waals surface area contributed by atoms with Gasteiger partial charge in [-0.1, -0.05) is 90.4 Å². The summed E-state index contributed by atoms with van der Waals surface area (Å²) in [7, 11) is 0. The lowest BCUT2D eigenvalue weighted by atomic mass is 9.95. The van der Waals surface area contributed by atoms with Crippen LogP contribution in [0.1, 0.15) is 11.1 Å². The Morgan fingerprint density at radius 3 is 1.84 bits per heavy atom. The van der Waals surface area contributed by atoms with E-state index in [1.165, 1.54) is 0 Å². The maximum atomic E-state index is 6.35. The molecule has 0 aliphatic heterocycles. The molecule has 0 N–H and O–H groups in total. The second-order valence-electron chi connectivity index (χ2n) is 3.92. The second-order valence-corrected chi connectivity index (χ2v) is 5.05. The van der Waals surface area contributed by atoms with Crippen LogP contribution in [0.25, 0.3) is 23.3 Å². The van der Waals surface area contributed by atoms with E-state index in [0.29, 0.717) is 15.1 Å². The number of halogens is 3. The molecule has 2 rings (SSSR count). The van der Waals surface area contributed by atoms with Crippen molar-refractivity contribution in [2.75, 3.05) is 0 Å². The van der Waals surface area contributed by atoms with Crippen molar-refractivity contribution in [2.45, 2.75) is 0 Å². The fourth-order valence-corrected chi connectivity index (χ4v) is 2.82. The third-order valence-corrected chi connectivity index (χ3v) is 4.21. The lowest BCUT2D eigenvalue weighted by Crippen LogP contribution is -1.92. The van der Waals surface area contributed by atoms with Gasteiger partial charge in [0.05, 0.1) is 15.1 Å². The predicted octanol–water partition coefficient (Wildman–Crippen LogP) is 6.60. The van der Waals surface area contributed by atoms with Gasteiger partial charge in [-0.15, -0.1) is 0 Å². The molecule has 0 radical (unpaired) electrons. The molecule has 96 valence electrons. The summed E-state index contributed by atoms with van der Waals surface area (Å²) in [6.45, 7) is 7.60. The second kappa shape index (κ2) is 5.83. The largest absolute Gasteiger partial charge is 0.0984 e. The molecule has 0 aromatic heterocycles. The van der Waals surface area contributed by atoms with E-state index in [1.54, 1.807) is 12.2 Å². The average molecular weight is 310 g/mol. The molecular weight excluding hydrogens is 299 g/mol. The quantitative estimate of drug-likeness (QED) is 0.560. The van der Waals surface area contributed by atoms with Crippen LogP contribution in [-0.4, -0.2) is 0 Å². The molecule has 0 heterocycles. The molecule has 3 heteroatoms. The van der Waals surface area contributed by atoms with Crippen molar-refractivity contribution in [2.24, 2.45) is 0 Å². The molecule has 19 heavy (non-hydrogen) atoms. The van der Waals surface area contributed by atoms with E-state index in [2.05, 4.69) is 13.2 Å². The molecule has 0 fully saturated rings. The predicted molar refractivity (Wildman–Crippen MR) is 87.1 cm³/mol. The fraction of sp³-hybridized carbons (Fsp3) is 0. The minimum atomic E-state index is 0.336. The molecule has 0 spiro atoms. The normalized spacial score (nSPS) is 10.3. The van der Waals surface area contributed by atoms with Gasteiger partial charge in [0.15, 0.2) is 0 Å². The van der Waals surface area contributed by atoms with Crippen molar-refractivity contribution in [3.05, 3.63) is 69.7 Å². The summed E-state index contributed by atoms with van der Waals surface area (Å²) < 4.78 is 0. The monoisotopic (exact) mass is 308 g/mol. The van der Waals surface area contributed by atoms with E-state index >= 15 is 0 Å². The van der Waals surface area contributed by atoms with Gasteiger partial charge in [-0.25, -0.2) is 0 Å². The zero-order valence-corrected chi connectivity index (χ0v) is 12.4. The van der Waals surface area contributed by atoms with Gasteiger partial charge in [-0.05, 0) is 11.1 Å². The first kappa shape index (κ1) is 14.2. The van der Waals surface area contributed by atoms with Crippen molar-refractivity contribution in [3.63, 3.8) is 0 Å². The summed E-state index contributed by atoms with van der Waals surface area (Å²) >= 11 is 18.8. The minimum Gasteiger partial charge on any atom is -0.0984 e. The highest BCUT2D eigenvalue weighted by Gasteiger charge is 2.18. The first-order valence-electron chi connectivity index (χ1n) is 5.62. The van der Waals surface area contributed by atoms with Crippen molar-refractivity contribution in [1.82, 2.24) is 0 Å². The number of hydrogen-bond acceptors (Lipinski definition) is 0. The Morgan fingerprint density at radius 2 is 1.32 bits per heavy atom. The first-order valence-corrected chi connectivity index (χ1v) is 6.76. The standard InChI is InChI=1S/C16H11Cl3/c1-3-11-12(4-2)14(17)16(19)15(18)13(11)10-8-6-5-7-9-10/h3-9H,1-2H2. The van der Waals surface area contributed by atoms with Gasteiger partial charge in [-0.3, -0.25) is 0 Å². The van der Waals surface area contributed by atoms with E-state index in [9.17, 15) is 0 Å². The van der Waals surface area contributed by atoms with Gasteiger partial charge in [-0.2, -0.15) is 0 Å². The summed E-state index contributed by atoms with van der Waals surface area (Å²) in [6, 6.07) is 9.75. The Kier molecular flexibility index (Phi) is 4.36. The highest BCUT2D eigenvalue weighted by atomic mass is 35.5.